The fourth-order valence-corrected chi connectivity index (χ4v) is 4.42. The van der Waals surface area contributed by atoms with Gasteiger partial charge in [0.15, 0.2) is 0 Å². The van der Waals surface area contributed by atoms with Gasteiger partial charge < -0.3 is 0 Å². The molecule has 0 aromatic rings. The van der Waals surface area contributed by atoms with Crippen molar-refractivity contribution in [3.05, 3.63) is 12.7 Å². The SMILES string of the molecule is C=CC1CCS(C)(N(C)C)C1. The maximum atomic E-state index is 3.86. The Hall–Kier alpha value is 0.0500. The first-order valence-corrected chi connectivity index (χ1v) is 6.46. The van der Waals surface area contributed by atoms with E-state index in [2.05, 4.69) is 37.3 Å². The molecule has 2 unspecified atom stereocenters. The second-order valence-electron chi connectivity index (χ2n) is 3.69. The Kier molecular flexibility index (Phi) is 2.66. The van der Waals surface area contributed by atoms with Crippen LogP contribution < -0.4 is 0 Å². The van der Waals surface area contributed by atoms with Crippen molar-refractivity contribution >= 4 is 10.2 Å². The maximum Gasteiger partial charge on any atom is -0.00438 e. The average molecular weight is 173 g/mol. The molecule has 0 saturated carbocycles. The first kappa shape index (κ1) is 9.14. The van der Waals surface area contributed by atoms with E-state index in [1.54, 1.807) is 0 Å². The molecule has 1 saturated heterocycles. The van der Waals surface area contributed by atoms with E-state index in [1.165, 1.54) is 17.9 Å². The summed E-state index contributed by atoms with van der Waals surface area (Å²) in [6, 6.07) is 0. The molecular weight excluding hydrogens is 154 g/mol. The molecule has 0 bridgehead atoms. The third-order valence-electron chi connectivity index (χ3n) is 2.72. The quantitative estimate of drug-likeness (QED) is 0.578. The average Bonchev–Trinajstić information content (AvgIpc) is 2.33. The summed E-state index contributed by atoms with van der Waals surface area (Å²) >= 11 is 0. The number of hydrogen-bond donors (Lipinski definition) is 0. The van der Waals surface area contributed by atoms with E-state index in [1.807, 2.05) is 0 Å². The van der Waals surface area contributed by atoms with Crippen molar-refractivity contribution in [3.8, 4) is 0 Å². The number of nitrogens with zero attached hydrogens (tertiary/aromatic N) is 1. The third kappa shape index (κ3) is 1.79. The fourth-order valence-electron chi connectivity index (χ4n) is 1.55. The minimum Gasteiger partial charge on any atom is -0.274 e. The highest BCUT2D eigenvalue weighted by Gasteiger charge is 2.30. The van der Waals surface area contributed by atoms with Crippen molar-refractivity contribution in [2.75, 3.05) is 31.9 Å². The molecule has 0 N–H and O–H groups in total. The summed E-state index contributed by atoms with van der Waals surface area (Å²) in [6.07, 6.45) is 5.91. The molecule has 2 heteroatoms. The normalized spacial score (nSPS) is 43.8. The minimum atomic E-state index is -0.420. The lowest BCUT2D eigenvalue weighted by atomic mass is 10.1. The van der Waals surface area contributed by atoms with Gasteiger partial charge in [-0.1, -0.05) is 6.08 Å². The summed E-state index contributed by atoms with van der Waals surface area (Å²) in [4.78, 5) is 0. The van der Waals surface area contributed by atoms with Crippen LogP contribution in [0.4, 0.5) is 0 Å². The zero-order chi connectivity index (χ0) is 8.48. The van der Waals surface area contributed by atoms with Crippen LogP contribution in [0.5, 0.6) is 0 Å². The zero-order valence-electron chi connectivity index (χ0n) is 7.84. The molecule has 66 valence electrons. The van der Waals surface area contributed by atoms with Gasteiger partial charge in [0.25, 0.3) is 0 Å². The van der Waals surface area contributed by atoms with E-state index in [0.717, 1.165) is 5.92 Å². The van der Waals surface area contributed by atoms with E-state index >= 15 is 0 Å². The third-order valence-corrected chi connectivity index (χ3v) is 6.74. The van der Waals surface area contributed by atoms with E-state index in [9.17, 15) is 0 Å². The van der Waals surface area contributed by atoms with Crippen LogP contribution in [0.15, 0.2) is 12.7 Å². The van der Waals surface area contributed by atoms with E-state index in [4.69, 9.17) is 0 Å². The van der Waals surface area contributed by atoms with Crippen molar-refractivity contribution in [1.29, 1.82) is 0 Å². The van der Waals surface area contributed by atoms with Crippen LogP contribution in [-0.4, -0.2) is 36.2 Å². The number of hydrogen-bond acceptors (Lipinski definition) is 1. The van der Waals surface area contributed by atoms with Gasteiger partial charge in [0, 0.05) is 0 Å². The molecule has 2 atom stereocenters. The Bertz CT molecular complexity index is 156. The monoisotopic (exact) mass is 173 g/mol. The zero-order valence-corrected chi connectivity index (χ0v) is 8.66. The molecule has 0 aliphatic carbocycles. The molecule has 1 aliphatic rings. The summed E-state index contributed by atoms with van der Waals surface area (Å²) in [5, 5.41) is 0. The molecule has 11 heavy (non-hydrogen) atoms. The van der Waals surface area contributed by atoms with Crippen LogP contribution in [0, 0.1) is 5.92 Å². The highest BCUT2D eigenvalue weighted by molar-refractivity contribution is 8.31. The van der Waals surface area contributed by atoms with Gasteiger partial charge in [-0.2, -0.15) is 10.2 Å². The first-order valence-electron chi connectivity index (χ1n) is 4.12. The predicted octanol–water partition coefficient (Wildman–Crippen LogP) is 2.10. The minimum absolute atomic E-state index is 0.420. The van der Waals surface area contributed by atoms with Crippen molar-refractivity contribution in [2.45, 2.75) is 6.42 Å². The second kappa shape index (κ2) is 3.20. The van der Waals surface area contributed by atoms with Crippen molar-refractivity contribution in [1.82, 2.24) is 4.31 Å². The summed E-state index contributed by atoms with van der Waals surface area (Å²) in [5.41, 5.74) is 0. The summed E-state index contributed by atoms with van der Waals surface area (Å²) < 4.78 is 2.43. The van der Waals surface area contributed by atoms with Crippen molar-refractivity contribution in [3.63, 3.8) is 0 Å². The maximum absolute atomic E-state index is 3.86. The van der Waals surface area contributed by atoms with Crippen LogP contribution in [0.25, 0.3) is 0 Å². The highest BCUT2D eigenvalue weighted by atomic mass is 32.3. The van der Waals surface area contributed by atoms with Gasteiger partial charge in [-0.3, -0.25) is 4.31 Å². The molecule has 1 heterocycles. The lowest BCUT2D eigenvalue weighted by molar-refractivity contribution is 0.682. The van der Waals surface area contributed by atoms with Gasteiger partial charge >= 0.3 is 0 Å². The van der Waals surface area contributed by atoms with E-state index in [0.29, 0.717) is 0 Å². The van der Waals surface area contributed by atoms with Crippen LogP contribution in [0.2, 0.25) is 0 Å². The van der Waals surface area contributed by atoms with Gasteiger partial charge in [-0.15, -0.1) is 6.58 Å². The Morgan fingerprint density at radius 3 is 2.45 bits per heavy atom. The lowest BCUT2D eigenvalue weighted by Crippen LogP contribution is -2.20. The van der Waals surface area contributed by atoms with E-state index < -0.39 is 10.2 Å². The molecule has 1 rings (SSSR count). The van der Waals surface area contributed by atoms with E-state index in [-0.39, 0.29) is 0 Å². The van der Waals surface area contributed by atoms with Crippen LogP contribution in [-0.2, 0) is 0 Å². The van der Waals surface area contributed by atoms with Crippen LogP contribution in [0.3, 0.4) is 0 Å². The smallest absolute Gasteiger partial charge is 0.00438 e. The number of allylic oxidation sites excluding steroid dienone is 1. The molecule has 1 nitrogen and oxygen atoms in total. The molecule has 0 aromatic carbocycles. The molecular formula is C9H19NS. The Labute approximate surface area is 71.9 Å². The Morgan fingerprint density at radius 1 is 1.55 bits per heavy atom. The summed E-state index contributed by atoms with van der Waals surface area (Å²) in [7, 11) is 4.00. The molecule has 0 aromatic heterocycles. The van der Waals surface area contributed by atoms with Gasteiger partial charge in [-0.05, 0) is 44.2 Å². The van der Waals surface area contributed by atoms with Gasteiger partial charge in [-0.25, -0.2) is 0 Å². The second-order valence-corrected chi connectivity index (χ2v) is 7.61. The molecule has 1 aliphatic heterocycles. The van der Waals surface area contributed by atoms with Crippen molar-refractivity contribution in [2.24, 2.45) is 5.92 Å². The fraction of sp³-hybridized carbons (Fsp3) is 0.778. The van der Waals surface area contributed by atoms with Gasteiger partial charge in [0.1, 0.15) is 0 Å². The van der Waals surface area contributed by atoms with Crippen LogP contribution >= 0.6 is 10.2 Å². The van der Waals surface area contributed by atoms with Crippen LogP contribution in [0.1, 0.15) is 6.42 Å². The molecule has 0 spiro atoms. The summed E-state index contributed by atoms with van der Waals surface area (Å²) in [5.74, 6) is 3.55. The standard InChI is InChI=1S/C9H19NS/c1-5-9-6-7-11(4,8-9)10(2)3/h5,9H,1,6-8H2,2-4H3. The topological polar surface area (TPSA) is 3.24 Å². The molecule has 0 amide bonds. The first-order chi connectivity index (χ1) is 5.08. The number of rotatable bonds is 2. The highest BCUT2D eigenvalue weighted by Crippen LogP contribution is 2.54. The van der Waals surface area contributed by atoms with Crippen molar-refractivity contribution < 1.29 is 0 Å². The predicted molar refractivity (Wildman–Crippen MR) is 55.2 cm³/mol. The molecule has 1 fully saturated rings. The largest absolute Gasteiger partial charge is 0.274 e. The lowest BCUT2D eigenvalue weighted by Gasteiger charge is -2.38. The Morgan fingerprint density at radius 2 is 2.18 bits per heavy atom. The van der Waals surface area contributed by atoms with Gasteiger partial charge in [0.2, 0.25) is 0 Å². The molecule has 0 radical (unpaired) electrons. The Balaban J connectivity index is 2.57. The summed E-state index contributed by atoms with van der Waals surface area (Å²) in [6.45, 7) is 3.86. The van der Waals surface area contributed by atoms with Gasteiger partial charge in [0.05, 0.1) is 0 Å².